The van der Waals surface area contributed by atoms with Gasteiger partial charge in [-0.15, -0.1) is 0 Å². The number of benzene rings is 1. The number of nitrogens with two attached hydrogens (primary N) is 1. The molecule has 2 nitrogen and oxygen atoms in total. The van der Waals surface area contributed by atoms with Crippen molar-refractivity contribution >= 4 is 0 Å². The zero-order valence-electron chi connectivity index (χ0n) is 9.77. The molecule has 0 radical (unpaired) electrons. The lowest BCUT2D eigenvalue weighted by Crippen LogP contribution is -2.21. The van der Waals surface area contributed by atoms with Crippen molar-refractivity contribution in [2.45, 2.75) is 39.2 Å². The minimum Gasteiger partial charge on any atom is -0.508 e. The summed E-state index contributed by atoms with van der Waals surface area (Å²) >= 11 is 0. The maximum absolute atomic E-state index is 9.80. The smallest absolute Gasteiger partial charge is 0.119 e. The van der Waals surface area contributed by atoms with Gasteiger partial charge in [-0.3, -0.25) is 0 Å². The van der Waals surface area contributed by atoms with E-state index in [2.05, 4.69) is 13.8 Å². The molecule has 2 heteroatoms. The van der Waals surface area contributed by atoms with Crippen LogP contribution < -0.4 is 5.73 Å². The third-order valence-electron chi connectivity index (χ3n) is 2.77. The maximum Gasteiger partial charge on any atom is 0.119 e. The normalized spacial score (nSPS) is 15.3. The van der Waals surface area contributed by atoms with Crippen molar-refractivity contribution in [3.63, 3.8) is 0 Å². The molecule has 1 rings (SSSR count). The molecule has 3 N–H and O–H groups in total. The molecule has 0 aromatic heterocycles. The van der Waals surface area contributed by atoms with Crippen molar-refractivity contribution in [3.8, 4) is 5.75 Å². The van der Waals surface area contributed by atoms with Gasteiger partial charge in [0.2, 0.25) is 0 Å². The summed E-state index contributed by atoms with van der Waals surface area (Å²) in [4.78, 5) is 0. The van der Waals surface area contributed by atoms with Crippen LogP contribution in [0.2, 0.25) is 0 Å². The Kier molecular flexibility index (Phi) is 4.15. The average Bonchev–Trinajstić information content (AvgIpc) is 2.15. The predicted molar refractivity (Wildman–Crippen MR) is 64.0 cm³/mol. The minimum absolute atomic E-state index is 0.164. The summed E-state index contributed by atoms with van der Waals surface area (Å²) in [6.07, 6.45) is 0.912. The van der Waals surface area contributed by atoms with Crippen LogP contribution in [-0.2, 0) is 0 Å². The van der Waals surface area contributed by atoms with Gasteiger partial charge in [-0.1, -0.05) is 32.0 Å². The zero-order chi connectivity index (χ0) is 11.4. The van der Waals surface area contributed by atoms with Gasteiger partial charge in [0.25, 0.3) is 0 Å². The van der Waals surface area contributed by atoms with Gasteiger partial charge in [-0.05, 0) is 36.8 Å². The first-order valence-electron chi connectivity index (χ1n) is 5.55. The lowest BCUT2D eigenvalue weighted by atomic mass is 9.83. The van der Waals surface area contributed by atoms with Gasteiger partial charge in [0.15, 0.2) is 0 Å². The van der Waals surface area contributed by atoms with Crippen molar-refractivity contribution in [1.82, 2.24) is 0 Å². The quantitative estimate of drug-likeness (QED) is 0.797. The molecule has 15 heavy (non-hydrogen) atoms. The van der Waals surface area contributed by atoms with E-state index in [0.29, 0.717) is 17.6 Å². The third kappa shape index (κ3) is 3.24. The molecule has 0 bridgehead atoms. The Hall–Kier alpha value is -1.02. The number of phenolic OH excluding ortho intramolecular Hbond substituents is 1. The van der Waals surface area contributed by atoms with Crippen LogP contribution in [0.3, 0.4) is 0 Å². The summed E-state index contributed by atoms with van der Waals surface area (Å²) in [6, 6.07) is 7.71. The van der Waals surface area contributed by atoms with Crippen molar-refractivity contribution in [2.75, 3.05) is 0 Å². The minimum atomic E-state index is 0.164. The Bertz CT molecular complexity index is 307. The Balaban J connectivity index is 2.94. The molecule has 0 saturated heterocycles. The molecule has 0 saturated carbocycles. The highest BCUT2D eigenvalue weighted by Gasteiger charge is 2.19. The summed E-state index contributed by atoms with van der Waals surface area (Å²) in [5.74, 6) is 1.22. The molecule has 0 aliphatic heterocycles. The van der Waals surface area contributed by atoms with Gasteiger partial charge in [-0.2, -0.15) is 0 Å². The first-order valence-corrected chi connectivity index (χ1v) is 5.55. The van der Waals surface area contributed by atoms with Gasteiger partial charge in [0, 0.05) is 6.04 Å². The van der Waals surface area contributed by atoms with Gasteiger partial charge in [-0.25, -0.2) is 0 Å². The van der Waals surface area contributed by atoms with Crippen LogP contribution in [0.1, 0.15) is 38.7 Å². The van der Waals surface area contributed by atoms with Crippen LogP contribution in [0.4, 0.5) is 0 Å². The molecule has 0 fully saturated rings. The highest BCUT2D eigenvalue weighted by Crippen LogP contribution is 2.34. The highest BCUT2D eigenvalue weighted by atomic mass is 16.3. The van der Waals surface area contributed by atoms with Crippen molar-refractivity contribution in [3.05, 3.63) is 29.8 Å². The Morgan fingerprint density at radius 3 is 2.27 bits per heavy atom. The molecule has 0 heterocycles. The summed E-state index contributed by atoms with van der Waals surface area (Å²) < 4.78 is 0. The SMILES string of the molecule is CC(N)CC(c1ccccc1O)C(C)C. The largest absolute Gasteiger partial charge is 0.508 e. The van der Waals surface area contributed by atoms with E-state index >= 15 is 0 Å². The summed E-state index contributed by atoms with van der Waals surface area (Å²) in [5, 5.41) is 9.80. The van der Waals surface area contributed by atoms with E-state index < -0.39 is 0 Å². The Labute approximate surface area is 92.1 Å². The third-order valence-corrected chi connectivity index (χ3v) is 2.77. The molecule has 0 aliphatic rings. The van der Waals surface area contributed by atoms with Crippen LogP contribution in [0.15, 0.2) is 24.3 Å². The van der Waals surface area contributed by atoms with Crippen LogP contribution in [-0.4, -0.2) is 11.1 Å². The predicted octanol–water partition coefficient (Wildman–Crippen LogP) is 2.87. The number of para-hydroxylation sites is 1. The van der Waals surface area contributed by atoms with E-state index in [1.165, 1.54) is 0 Å². The van der Waals surface area contributed by atoms with Gasteiger partial charge < -0.3 is 10.8 Å². The van der Waals surface area contributed by atoms with Crippen LogP contribution in [0.5, 0.6) is 5.75 Å². The average molecular weight is 207 g/mol. The standard InChI is InChI=1S/C13H21NO/c1-9(2)12(8-10(3)14)11-6-4-5-7-13(11)15/h4-7,9-10,12,15H,8,14H2,1-3H3. The van der Waals surface area contributed by atoms with Crippen molar-refractivity contribution in [2.24, 2.45) is 11.7 Å². The van der Waals surface area contributed by atoms with Crippen LogP contribution >= 0.6 is 0 Å². The monoisotopic (exact) mass is 207 g/mol. The number of hydrogen-bond acceptors (Lipinski definition) is 2. The van der Waals surface area contributed by atoms with Gasteiger partial charge in [0.1, 0.15) is 5.75 Å². The first kappa shape index (κ1) is 12.1. The molecule has 0 amide bonds. The lowest BCUT2D eigenvalue weighted by molar-refractivity contribution is 0.407. The Morgan fingerprint density at radius 2 is 1.80 bits per heavy atom. The summed E-state index contributed by atoms with van der Waals surface area (Å²) in [5.41, 5.74) is 6.86. The van der Waals surface area contributed by atoms with Gasteiger partial charge in [0.05, 0.1) is 0 Å². The molecule has 0 spiro atoms. The lowest BCUT2D eigenvalue weighted by Gasteiger charge is -2.23. The first-order chi connectivity index (χ1) is 7.02. The molecule has 0 aliphatic carbocycles. The summed E-state index contributed by atoms with van der Waals surface area (Å²) in [6.45, 7) is 6.34. The molecule has 1 aromatic rings. The molecule has 1 aromatic carbocycles. The van der Waals surface area contributed by atoms with Crippen LogP contribution in [0.25, 0.3) is 0 Å². The molecular weight excluding hydrogens is 186 g/mol. The number of aromatic hydroxyl groups is 1. The van der Waals surface area contributed by atoms with E-state index in [0.717, 1.165) is 12.0 Å². The Morgan fingerprint density at radius 1 is 1.20 bits per heavy atom. The highest BCUT2D eigenvalue weighted by molar-refractivity contribution is 5.35. The second kappa shape index (κ2) is 5.17. The molecule has 2 atom stereocenters. The fourth-order valence-corrected chi connectivity index (χ4v) is 1.96. The van der Waals surface area contributed by atoms with E-state index in [4.69, 9.17) is 5.73 Å². The molecule has 84 valence electrons. The summed E-state index contributed by atoms with van der Waals surface area (Å²) in [7, 11) is 0. The number of phenols is 1. The number of rotatable bonds is 4. The molecule has 2 unspecified atom stereocenters. The second-order valence-corrected chi connectivity index (χ2v) is 4.62. The van der Waals surface area contributed by atoms with Crippen LogP contribution in [0, 0.1) is 5.92 Å². The van der Waals surface area contributed by atoms with Gasteiger partial charge >= 0.3 is 0 Å². The van der Waals surface area contributed by atoms with E-state index in [1.54, 1.807) is 6.07 Å². The van der Waals surface area contributed by atoms with E-state index in [-0.39, 0.29) is 6.04 Å². The van der Waals surface area contributed by atoms with Crippen molar-refractivity contribution < 1.29 is 5.11 Å². The zero-order valence-corrected chi connectivity index (χ0v) is 9.77. The topological polar surface area (TPSA) is 46.2 Å². The fourth-order valence-electron chi connectivity index (χ4n) is 1.96. The second-order valence-electron chi connectivity index (χ2n) is 4.62. The molecular formula is C13H21NO. The maximum atomic E-state index is 9.80. The van der Waals surface area contributed by atoms with Crippen molar-refractivity contribution in [1.29, 1.82) is 0 Å². The number of hydrogen-bond donors (Lipinski definition) is 2. The van der Waals surface area contributed by atoms with E-state index in [1.807, 2.05) is 25.1 Å². The fraction of sp³-hybridized carbons (Fsp3) is 0.538. The van der Waals surface area contributed by atoms with E-state index in [9.17, 15) is 5.11 Å².